The lowest BCUT2D eigenvalue weighted by molar-refractivity contribution is -0.117. The summed E-state index contributed by atoms with van der Waals surface area (Å²) in [7, 11) is 0. The van der Waals surface area contributed by atoms with E-state index in [0.29, 0.717) is 11.3 Å². The van der Waals surface area contributed by atoms with Crippen LogP contribution in [-0.2, 0) is 4.79 Å². The monoisotopic (exact) mass is 298 g/mol. The highest BCUT2D eigenvalue weighted by molar-refractivity contribution is 7.13. The third-order valence-corrected chi connectivity index (χ3v) is 4.29. The quantitative estimate of drug-likeness (QED) is 0.945. The Morgan fingerprint density at radius 3 is 3.19 bits per heavy atom. The first kappa shape index (κ1) is 13.6. The fraction of sp³-hybridized carbons (Fsp3) is 0.267. The molecule has 1 N–H and O–H groups in total. The van der Waals surface area contributed by atoms with Crippen molar-refractivity contribution in [3.8, 4) is 6.07 Å². The van der Waals surface area contributed by atoms with Crippen molar-refractivity contribution in [1.29, 1.82) is 5.26 Å². The highest BCUT2D eigenvalue weighted by Gasteiger charge is 2.32. The molecule has 1 aromatic carbocycles. The zero-order chi connectivity index (χ0) is 14.7. The maximum absolute atomic E-state index is 12.5. The van der Waals surface area contributed by atoms with Gasteiger partial charge in [-0.1, -0.05) is 6.07 Å². The summed E-state index contributed by atoms with van der Waals surface area (Å²) in [4.78, 5) is 18.8. The molecule has 0 aliphatic carbocycles. The molecule has 0 saturated carbocycles. The summed E-state index contributed by atoms with van der Waals surface area (Å²) < 4.78 is 0. The van der Waals surface area contributed by atoms with Gasteiger partial charge in [0, 0.05) is 23.8 Å². The first-order chi connectivity index (χ1) is 10.3. The van der Waals surface area contributed by atoms with E-state index in [4.69, 9.17) is 5.26 Å². The maximum Gasteiger partial charge on any atom is 0.247 e. The Hall–Kier alpha value is -2.39. The standard InChI is InChI=1S/C15H14N4OS/c16-10-11-3-1-4-12(9-11)18-14(20)13-5-2-7-19(13)15-17-6-8-21-15/h1,3-4,6,8-9,13H,2,5,7H2,(H,18,20). The molecule has 6 heteroatoms. The van der Waals surface area contributed by atoms with Gasteiger partial charge in [-0.25, -0.2) is 4.98 Å². The number of aromatic nitrogens is 1. The van der Waals surface area contributed by atoms with E-state index in [2.05, 4.69) is 16.4 Å². The second kappa shape index (κ2) is 5.94. The molecule has 2 aromatic rings. The molecule has 1 aliphatic rings. The fourth-order valence-electron chi connectivity index (χ4n) is 2.52. The number of hydrogen-bond acceptors (Lipinski definition) is 5. The molecule has 2 heterocycles. The number of carbonyl (C=O) groups excluding carboxylic acids is 1. The van der Waals surface area contributed by atoms with E-state index in [-0.39, 0.29) is 11.9 Å². The number of hydrogen-bond donors (Lipinski definition) is 1. The SMILES string of the molecule is N#Cc1cccc(NC(=O)C2CCCN2c2nccs2)c1. The predicted octanol–water partition coefficient (Wildman–Crippen LogP) is 2.62. The molecule has 1 fully saturated rings. The molecule has 106 valence electrons. The molecule has 0 bridgehead atoms. The number of nitrogens with one attached hydrogen (secondary N) is 1. The summed E-state index contributed by atoms with van der Waals surface area (Å²) >= 11 is 1.55. The molecule has 0 spiro atoms. The van der Waals surface area contributed by atoms with E-state index in [1.54, 1.807) is 41.8 Å². The number of thiazole rings is 1. The smallest absolute Gasteiger partial charge is 0.247 e. The minimum atomic E-state index is -0.193. The predicted molar refractivity (Wildman–Crippen MR) is 82.3 cm³/mol. The van der Waals surface area contributed by atoms with Crippen molar-refractivity contribution in [2.75, 3.05) is 16.8 Å². The van der Waals surface area contributed by atoms with Crippen LogP contribution in [0, 0.1) is 11.3 Å². The zero-order valence-corrected chi connectivity index (χ0v) is 12.1. The van der Waals surface area contributed by atoms with E-state index in [1.165, 1.54) is 0 Å². The van der Waals surface area contributed by atoms with Crippen LogP contribution in [0.1, 0.15) is 18.4 Å². The lowest BCUT2D eigenvalue weighted by Gasteiger charge is -2.23. The lowest BCUT2D eigenvalue weighted by Crippen LogP contribution is -2.39. The van der Waals surface area contributed by atoms with Gasteiger partial charge in [0.15, 0.2) is 5.13 Å². The third kappa shape index (κ3) is 2.88. The van der Waals surface area contributed by atoms with Gasteiger partial charge in [-0.2, -0.15) is 5.26 Å². The molecule has 1 unspecified atom stereocenters. The van der Waals surface area contributed by atoms with Crippen LogP contribution in [0.15, 0.2) is 35.8 Å². The van der Waals surface area contributed by atoms with E-state index in [9.17, 15) is 4.79 Å². The van der Waals surface area contributed by atoms with Gasteiger partial charge in [0.1, 0.15) is 6.04 Å². The van der Waals surface area contributed by atoms with Crippen LogP contribution in [0.3, 0.4) is 0 Å². The van der Waals surface area contributed by atoms with Gasteiger partial charge in [0.2, 0.25) is 5.91 Å². The number of benzene rings is 1. The number of nitriles is 1. The third-order valence-electron chi connectivity index (χ3n) is 3.48. The molecular formula is C15H14N4OS. The molecule has 1 atom stereocenters. The van der Waals surface area contributed by atoms with Crippen LogP contribution in [0.5, 0.6) is 0 Å². The minimum absolute atomic E-state index is 0.0437. The fourth-order valence-corrected chi connectivity index (χ4v) is 3.24. The summed E-state index contributed by atoms with van der Waals surface area (Å²) in [6.07, 6.45) is 3.56. The molecular weight excluding hydrogens is 284 g/mol. The Morgan fingerprint density at radius 1 is 1.52 bits per heavy atom. The van der Waals surface area contributed by atoms with Crippen molar-refractivity contribution < 1.29 is 4.79 Å². The van der Waals surface area contributed by atoms with Crippen LogP contribution in [-0.4, -0.2) is 23.5 Å². The number of amides is 1. The van der Waals surface area contributed by atoms with Crippen LogP contribution in [0.25, 0.3) is 0 Å². The lowest BCUT2D eigenvalue weighted by atomic mass is 10.2. The van der Waals surface area contributed by atoms with Gasteiger partial charge in [-0.3, -0.25) is 4.79 Å². The normalized spacial score (nSPS) is 17.5. The van der Waals surface area contributed by atoms with Gasteiger partial charge in [-0.15, -0.1) is 11.3 Å². The molecule has 1 aliphatic heterocycles. The Balaban J connectivity index is 1.74. The largest absolute Gasteiger partial charge is 0.336 e. The molecule has 1 amide bonds. The average molecular weight is 298 g/mol. The van der Waals surface area contributed by atoms with Crippen molar-refractivity contribution in [2.24, 2.45) is 0 Å². The van der Waals surface area contributed by atoms with E-state index >= 15 is 0 Å². The Morgan fingerprint density at radius 2 is 2.43 bits per heavy atom. The van der Waals surface area contributed by atoms with Crippen LogP contribution >= 0.6 is 11.3 Å². The Kier molecular flexibility index (Phi) is 3.84. The zero-order valence-electron chi connectivity index (χ0n) is 11.3. The number of carbonyl (C=O) groups is 1. The van der Waals surface area contributed by atoms with Gasteiger partial charge >= 0.3 is 0 Å². The first-order valence-corrected chi connectivity index (χ1v) is 7.63. The number of anilines is 2. The van der Waals surface area contributed by atoms with Crippen LogP contribution < -0.4 is 10.2 Å². The first-order valence-electron chi connectivity index (χ1n) is 6.75. The summed E-state index contributed by atoms with van der Waals surface area (Å²) in [5.41, 5.74) is 1.20. The maximum atomic E-state index is 12.5. The summed E-state index contributed by atoms with van der Waals surface area (Å²) in [6.45, 7) is 0.851. The number of rotatable bonds is 3. The molecule has 0 radical (unpaired) electrons. The second-order valence-electron chi connectivity index (χ2n) is 4.85. The van der Waals surface area contributed by atoms with E-state index in [0.717, 1.165) is 24.5 Å². The highest BCUT2D eigenvalue weighted by Crippen LogP contribution is 2.28. The van der Waals surface area contributed by atoms with Crippen molar-refractivity contribution in [2.45, 2.75) is 18.9 Å². The van der Waals surface area contributed by atoms with Crippen molar-refractivity contribution in [1.82, 2.24) is 4.98 Å². The van der Waals surface area contributed by atoms with Gasteiger partial charge in [-0.05, 0) is 31.0 Å². The Labute approximate surface area is 126 Å². The molecule has 21 heavy (non-hydrogen) atoms. The van der Waals surface area contributed by atoms with Gasteiger partial charge < -0.3 is 10.2 Å². The van der Waals surface area contributed by atoms with Crippen molar-refractivity contribution in [3.63, 3.8) is 0 Å². The average Bonchev–Trinajstić information content (AvgIpc) is 3.18. The summed E-state index contributed by atoms with van der Waals surface area (Å²) in [5.74, 6) is -0.0437. The molecule has 3 rings (SSSR count). The molecule has 5 nitrogen and oxygen atoms in total. The summed E-state index contributed by atoms with van der Waals surface area (Å²) in [5, 5.41) is 14.6. The van der Waals surface area contributed by atoms with Crippen LogP contribution in [0.4, 0.5) is 10.8 Å². The van der Waals surface area contributed by atoms with Crippen molar-refractivity contribution >= 4 is 28.1 Å². The molecule has 1 saturated heterocycles. The second-order valence-corrected chi connectivity index (χ2v) is 5.72. The van der Waals surface area contributed by atoms with Gasteiger partial charge in [0.25, 0.3) is 0 Å². The Bertz CT molecular complexity index is 677. The number of nitrogens with zero attached hydrogens (tertiary/aromatic N) is 3. The summed E-state index contributed by atoms with van der Waals surface area (Å²) in [6, 6.07) is 8.83. The van der Waals surface area contributed by atoms with Gasteiger partial charge in [0.05, 0.1) is 11.6 Å². The highest BCUT2D eigenvalue weighted by atomic mass is 32.1. The minimum Gasteiger partial charge on any atom is -0.336 e. The topological polar surface area (TPSA) is 69.0 Å². The van der Waals surface area contributed by atoms with E-state index in [1.807, 2.05) is 10.3 Å². The van der Waals surface area contributed by atoms with Crippen LogP contribution in [0.2, 0.25) is 0 Å². The van der Waals surface area contributed by atoms with E-state index < -0.39 is 0 Å². The molecule has 1 aromatic heterocycles. The van der Waals surface area contributed by atoms with Crippen molar-refractivity contribution in [3.05, 3.63) is 41.4 Å².